The Morgan fingerprint density at radius 1 is 1.23 bits per heavy atom. The van der Waals surface area contributed by atoms with Gasteiger partial charge in [0, 0.05) is 43.3 Å². The van der Waals surface area contributed by atoms with E-state index < -0.39 is 0 Å². The van der Waals surface area contributed by atoms with Gasteiger partial charge < -0.3 is 15.5 Å². The summed E-state index contributed by atoms with van der Waals surface area (Å²) in [5.41, 5.74) is 8.29. The number of nitrogens with two attached hydrogens (primary N) is 1. The lowest BCUT2D eigenvalue weighted by Gasteiger charge is -2.35. The Labute approximate surface area is 155 Å². The molecule has 134 valence electrons. The number of nitrogens with one attached hydrogen (secondary N) is 1. The molecule has 1 aromatic carbocycles. The molecule has 0 amide bonds. The Hall–Kier alpha value is -2.94. The zero-order valence-corrected chi connectivity index (χ0v) is 15.1. The standard InChI is InChI=1S/C17H20N8S/c18-16(24-5-7-25(8-6-24)17-19-4-9-26-17)20-11-13-2-1-3-14(10-13)15-21-12-22-23-15/h1-4,9-10,12H,5-8,11H2,(H2,18,20)(H,21,22,23). The minimum atomic E-state index is 0.542. The molecule has 1 aliphatic rings. The van der Waals surface area contributed by atoms with Gasteiger partial charge in [0.05, 0.1) is 6.54 Å². The first-order chi connectivity index (χ1) is 12.8. The van der Waals surface area contributed by atoms with Crippen LogP contribution >= 0.6 is 11.3 Å². The summed E-state index contributed by atoms with van der Waals surface area (Å²) in [5.74, 6) is 1.34. The van der Waals surface area contributed by atoms with Crippen LogP contribution < -0.4 is 10.6 Å². The molecule has 26 heavy (non-hydrogen) atoms. The summed E-state index contributed by atoms with van der Waals surface area (Å²) in [6.45, 7) is 4.07. The number of benzene rings is 1. The van der Waals surface area contributed by atoms with E-state index in [1.54, 1.807) is 11.3 Å². The molecule has 9 heteroatoms. The third-order valence-electron chi connectivity index (χ3n) is 4.33. The lowest BCUT2D eigenvalue weighted by molar-refractivity contribution is 0.380. The van der Waals surface area contributed by atoms with Gasteiger partial charge in [0.1, 0.15) is 6.33 Å². The maximum Gasteiger partial charge on any atom is 0.191 e. The molecule has 2 aromatic heterocycles. The topological polar surface area (TPSA) is 99.3 Å². The van der Waals surface area contributed by atoms with E-state index >= 15 is 0 Å². The molecule has 0 spiro atoms. The lowest BCUT2D eigenvalue weighted by atomic mass is 10.1. The van der Waals surface area contributed by atoms with Crippen LogP contribution in [0.2, 0.25) is 0 Å². The number of guanidine groups is 1. The van der Waals surface area contributed by atoms with Gasteiger partial charge >= 0.3 is 0 Å². The molecular formula is C17H20N8S. The number of anilines is 1. The van der Waals surface area contributed by atoms with Gasteiger partial charge in [-0.1, -0.05) is 18.2 Å². The fourth-order valence-electron chi connectivity index (χ4n) is 2.93. The van der Waals surface area contributed by atoms with E-state index in [4.69, 9.17) is 5.73 Å². The molecule has 0 radical (unpaired) electrons. The minimum Gasteiger partial charge on any atom is -0.370 e. The molecule has 0 bridgehead atoms. The summed E-state index contributed by atoms with van der Waals surface area (Å²) in [4.78, 5) is 17.5. The summed E-state index contributed by atoms with van der Waals surface area (Å²) in [7, 11) is 0. The zero-order valence-electron chi connectivity index (χ0n) is 14.2. The van der Waals surface area contributed by atoms with Crippen LogP contribution in [0.1, 0.15) is 5.56 Å². The van der Waals surface area contributed by atoms with Gasteiger partial charge in [0.25, 0.3) is 0 Å². The van der Waals surface area contributed by atoms with Gasteiger partial charge in [0.2, 0.25) is 0 Å². The van der Waals surface area contributed by atoms with Crippen molar-refractivity contribution in [1.82, 2.24) is 25.1 Å². The van der Waals surface area contributed by atoms with Crippen molar-refractivity contribution in [3.63, 3.8) is 0 Å². The van der Waals surface area contributed by atoms with E-state index in [1.165, 1.54) is 6.33 Å². The van der Waals surface area contributed by atoms with Gasteiger partial charge in [-0.25, -0.2) is 15.0 Å². The molecule has 4 rings (SSSR count). The van der Waals surface area contributed by atoms with Crippen molar-refractivity contribution in [2.24, 2.45) is 10.7 Å². The highest BCUT2D eigenvalue weighted by atomic mass is 32.1. The molecule has 3 N–H and O–H groups in total. The van der Waals surface area contributed by atoms with Crippen LogP contribution in [-0.2, 0) is 6.54 Å². The van der Waals surface area contributed by atoms with Crippen molar-refractivity contribution in [2.45, 2.75) is 6.54 Å². The second-order valence-electron chi connectivity index (χ2n) is 6.00. The first kappa shape index (κ1) is 16.5. The molecule has 0 unspecified atom stereocenters. The second kappa shape index (κ2) is 7.52. The van der Waals surface area contributed by atoms with Crippen LogP contribution in [-0.4, -0.2) is 57.2 Å². The maximum atomic E-state index is 6.21. The van der Waals surface area contributed by atoms with Crippen molar-refractivity contribution in [3.8, 4) is 11.4 Å². The Morgan fingerprint density at radius 2 is 2.12 bits per heavy atom. The Balaban J connectivity index is 1.36. The number of aromatic amines is 1. The van der Waals surface area contributed by atoms with Crippen LogP contribution in [0.4, 0.5) is 5.13 Å². The molecule has 3 aromatic rings. The van der Waals surface area contributed by atoms with E-state index in [1.807, 2.05) is 29.8 Å². The summed E-state index contributed by atoms with van der Waals surface area (Å²) < 4.78 is 0. The normalized spacial score (nSPS) is 15.5. The first-order valence-corrected chi connectivity index (χ1v) is 9.31. The molecule has 1 aliphatic heterocycles. The van der Waals surface area contributed by atoms with Crippen molar-refractivity contribution < 1.29 is 0 Å². The number of nitrogens with zero attached hydrogens (tertiary/aromatic N) is 6. The Kier molecular flexibility index (Phi) is 4.78. The molecule has 1 saturated heterocycles. The highest BCUT2D eigenvalue weighted by Crippen LogP contribution is 2.19. The Bertz CT molecular complexity index is 851. The number of aliphatic imine (C=N–C) groups is 1. The molecule has 3 heterocycles. The molecule has 8 nitrogen and oxygen atoms in total. The van der Waals surface area contributed by atoms with E-state index in [9.17, 15) is 0 Å². The SMILES string of the molecule is NC(=NCc1cccc(-c2ncn[nH]2)c1)N1CCN(c2nccs2)CC1. The van der Waals surface area contributed by atoms with Crippen molar-refractivity contribution in [2.75, 3.05) is 31.1 Å². The highest BCUT2D eigenvalue weighted by molar-refractivity contribution is 7.13. The van der Waals surface area contributed by atoms with Crippen molar-refractivity contribution in [3.05, 3.63) is 47.7 Å². The average molecular weight is 368 g/mol. The second-order valence-corrected chi connectivity index (χ2v) is 6.87. The van der Waals surface area contributed by atoms with E-state index in [-0.39, 0.29) is 0 Å². The summed E-state index contributed by atoms with van der Waals surface area (Å²) >= 11 is 1.67. The molecule has 0 saturated carbocycles. The number of hydrogen-bond donors (Lipinski definition) is 2. The van der Waals surface area contributed by atoms with Gasteiger partial charge in [-0.15, -0.1) is 11.3 Å². The van der Waals surface area contributed by atoms with Crippen LogP contribution in [0.5, 0.6) is 0 Å². The van der Waals surface area contributed by atoms with Crippen molar-refractivity contribution >= 4 is 22.4 Å². The maximum absolute atomic E-state index is 6.21. The van der Waals surface area contributed by atoms with E-state index in [0.29, 0.717) is 12.5 Å². The van der Waals surface area contributed by atoms with Crippen LogP contribution in [0.15, 0.2) is 47.2 Å². The minimum absolute atomic E-state index is 0.542. The molecule has 0 aliphatic carbocycles. The van der Waals surface area contributed by atoms with Crippen LogP contribution in [0.25, 0.3) is 11.4 Å². The van der Waals surface area contributed by atoms with E-state index in [2.05, 4.69) is 41.0 Å². The average Bonchev–Trinajstić information content (AvgIpc) is 3.40. The monoisotopic (exact) mass is 368 g/mol. The van der Waals surface area contributed by atoms with Crippen molar-refractivity contribution in [1.29, 1.82) is 0 Å². The van der Waals surface area contributed by atoms with Gasteiger partial charge in [0.15, 0.2) is 16.9 Å². The van der Waals surface area contributed by atoms with E-state index in [0.717, 1.165) is 48.3 Å². The van der Waals surface area contributed by atoms with Crippen LogP contribution in [0, 0.1) is 0 Å². The summed E-state index contributed by atoms with van der Waals surface area (Å²) in [5, 5.41) is 9.84. The van der Waals surface area contributed by atoms with Gasteiger partial charge in [-0.3, -0.25) is 5.10 Å². The number of hydrogen-bond acceptors (Lipinski definition) is 6. The summed E-state index contributed by atoms with van der Waals surface area (Å²) in [6, 6.07) is 8.08. The summed E-state index contributed by atoms with van der Waals surface area (Å²) in [6.07, 6.45) is 3.35. The Morgan fingerprint density at radius 3 is 2.85 bits per heavy atom. The number of piperazine rings is 1. The molecule has 1 fully saturated rings. The fraction of sp³-hybridized carbons (Fsp3) is 0.294. The predicted molar refractivity (Wildman–Crippen MR) is 103 cm³/mol. The number of H-pyrrole nitrogens is 1. The fourth-order valence-corrected chi connectivity index (χ4v) is 3.63. The van der Waals surface area contributed by atoms with Gasteiger partial charge in [-0.05, 0) is 11.6 Å². The number of rotatable bonds is 4. The third kappa shape index (κ3) is 3.67. The quantitative estimate of drug-likeness (QED) is 0.536. The first-order valence-electron chi connectivity index (χ1n) is 8.43. The molecule has 0 atom stereocenters. The largest absolute Gasteiger partial charge is 0.370 e. The van der Waals surface area contributed by atoms with Gasteiger partial charge in [-0.2, -0.15) is 5.10 Å². The number of thiazole rings is 1. The predicted octanol–water partition coefficient (Wildman–Crippen LogP) is 1.57. The molecular weight excluding hydrogens is 348 g/mol. The highest BCUT2D eigenvalue weighted by Gasteiger charge is 2.19. The third-order valence-corrected chi connectivity index (χ3v) is 5.16. The zero-order chi connectivity index (χ0) is 17.8. The lowest BCUT2D eigenvalue weighted by Crippen LogP contribution is -2.51. The van der Waals surface area contributed by atoms with Crippen LogP contribution in [0.3, 0.4) is 0 Å². The number of aromatic nitrogens is 4. The smallest absolute Gasteiger partial charge is 0.191 e.